The van der Waals surface area contributed by atoms with E-state index in [1.54, 1.807) is 0 Å². The first-order valence-electron chi connectivity index (χ1n) is 6.50. The molecule has 0 saturated carbocycles. The Morgan fingerprint density at radius 3 is 2.61 bits per heavy atom. The maximum atomic E-state index is 4.45. The average molecular weight is 245 g/mol. The lowest BCUT2D eigenvalue weighted by molar-refractivity contribution is 0.208. The van der Waals surface area contributed by atoms with Crippen molar-refractivity contribution in [1.82, 2.24) is 10.2 Å². The van der Waals surface area contributed by atoms with Crippen molar-refractivity contribution >= 4 is 12.0 Å². The van der Waals surface area contributed by atoms with E-state index >= 15 is 0 Å². The van der Waals surface area contributed by atoms with Crippen LogP contribution in [-0.4, -0.2) is 24.3 Å². The van der Waals surface area contributed by atoms with Crippen molar-refractivity contribution in [3.8, 4) is 0 Å². The number of para-hydroxylation sites is 1. The van der Waals surface area contributed by atoms with Crippen LogP contribution in [0.4, 0.5) is 5.69 Å². The molecule has 1 N–H and O–H groups in total. The van der Waals surface area contributed by atoms with Crippen LogP contribution in [0, 0.1) is 5.41 Å². The Kier molecular flexibility index (Phi) is 3.44. The second-order valence-corrected chi connectivity index (χ2v) is 6.13. The van der Waals surface area contributed by atoms with E-state index in [4.69, 9.17) is 0 Å². The first-order valence-corrected chi connectivity index (χ1v) is 6.50. The zero-order valence-electron chi connectivity index (χ0n) is 11.9. The van der Waals surface area contributed by atoms with Gasteiger partial charge in [0, 0.05) is 18.7 Å². The molecule has 1 heterocycles. The van der Waals surface area contributed by atoms with Gasteiger partial charge < -0.3 is 4.90 Å². The molecule has 0 spiro atoms. The minimum Gasteiger partial charge on any atom is -0.346 e. The largest absolute Gasteiger partial charge is 0.346 e. The van der Waals surface area contributed by atoms with Crippen molar-refractivity contribution in [1.29, 1.82) is 0 Å². The van der Waals surface area contributed by atoms with Gasteiger partial charge in [-0.05, 0) is 18.4 Å². The maximum absolute atomic E-state index is 4.45. The zero-order valence-corrected chi connectivity index (χ0v) is 11.9. The van der Waals surface area contributed by atoms with E-state index in [2.05, 4.69) is 68.2 Å². The van der Waals surface area contributed by atoms with E-state index in [1.807, 2.05) is 12.4 Å². The van der Waals surface area contributed by atoms with E-state index in [-0.39, 0.29) is 11.6 Å². The lowest BCUT2D eigenvalue weighted by Gasteiger charge is -2.38. The summed E-state index contributed by atoms with van der Waals surface area (Å²) in [5.41, 5.74) is 2.55. The summed E-state index contributed by atoms with van der Waals surface area (Å²) in [7, 11) is 2.06. The molecule has 98 valence electrons. The third-order valence-electron chi connectivity index (χ3n) is 3.72. The van der Waals surface area contributed by atoms with Crippen LogP contribution in [0.5, 0.6) is 0 Å². The fourth-order valence-electron chi connectivity index (χ4n) is 1.97. The highest BCUT2D eigenvalue weighted by molar-refractivity contribution is 5.67. The van der Waals surface area contributed by atoms with Gasteiger partial charge in [0.1, 0.15) is 6.17 Å². The van der Waals surface area contributed by atoms with E-state index in [0.29, 0.717) is 6.04 Å². The van der Waals surface area contributed by atoms with Crippen molar-refractivity contribution in [2.24, 2.45) is 10.4 Å². The lowest BCUT2D eigenvalue weighted by Crippen LogP contribution is -2.46. The third kappa shape index (κ3) is 2.56. The Morgan fingerprint density at radius 1 is 1.28 bits per heavy atom. The molecule has 3 heteroatoms. The summed E-state index contributed by atoms with van der Waals surface area (Å²) in [5.74, 6) is 0. The van der Waals surface area contributed by atoms with Crippen LogP contribution in [-0.2, 0) is 0 Å². The van der Waals surface area contributed by atoms with Gasteiger partial charge in [-0.1, -0.05) is 39.0 Å². The standard InChI is InChI=1S/C15H23N3/c1-11(15(2,3)4)17-14-12-8-6-7-9-13(12)16-10-18(14)5/h6-11,14,17H,1-5H3/t11-,14?/m1/s1. The van der Waals surface area contributed by atoms with Gasteiger partial charge >= 0.3 is 0 Å². The molecule has 2 rings (SSSR count). The summed E-state index contributed by atoms with van der Waals surface area (Å²) in [4.78, 5) is 6.58. The Hall–Kier alpha value is -1.35. The molecule has 1 aliphatic heterocycles. The average Bonchev–Trinajstić information content (AvgIpc) is 2.31. The SMILES string of the molecule is C[C@@H](NC1c2ccccc2N=CN1C)C(C)(C)C. The summed E-state index contributed by atoms with van der Waals surface area (Å²) >= 11 is 0. The number of benzene rings is 1. The van der Waals surface area contributed by atoms with Crippen molar-refractivity contribution in [3.05, 3.63) is 29.8 Å². The number of nitrogens with zero attached hydrogens (tertiary/aromatic N) is 2. The van der Waals surface area contributed by atoms with E-state index in [1.165, 1.54) is 5.56 Å². The Balaban J connectivity index is 2.25. The molecule has 0 fully saturated rings. The highest BCUT2D eigenvalue weighted by Crippen LogP contribution is 2.32. The van der Waals surface area contributed by atoms with Crippen LogP contribution in [0.3, 0.4) is 0 Å². The summed E-state index contributed by atoms with van der Waals surface area (Å²) in [6.07, 6.45) is 2.10. The topological polar surface area (TPSA) is 27.6 Å². The van der Waals surface area contributed by atoms with E-state index in [9.17, 15) is 0 Å². The molecule has 0 bridgehead atoms. The quantitative estimate of drug-likeness (QED) is 0.865. The molecule has 1 unspecified atom stereocenters. The molecular formula is C15H23N3. The second kappa shape index (κ2) is 4.73. The minimum absolute atomic E-state index is 0.202. The molecule has 0 aliphatic carbocycles. The van der Waals surface area contributed by atoms with Crippen LogP contribution in [0.15, 0.2) is 29.3 Å². The summed E-state index contributed by atoms with van der Waals surface area (Å²) in [5, 5.41) is 3.70. The highest BCUT2D eigenvalue weighted by Gasteiger charge is 2.27. The van der Waals surface area contributed by atoms with Gasteiger partial charge in [-0.25, -0.2) is 4.99 Å². The molecule has 1 aromatic rings. The molecule has 18 heavy (non-hydrogen) atoms. The number of rotatable bonds is 2. The zero-order chi connectivity index (χ0) is 13.3. The molecule has 1 aliphatic rings. The van der Waals surface area contributed by atoms with Gasteiger partial charge in [0.05, 0.1) is 12.0 Å². The summed E-state index contributed by atoms with van der Waals surface area (Å²) in [6, 6.07) is 8.74. The van der Waals surface area contributed by atoms with Gasteiger partial charge in [0.2, 0.25) is 0 Å². The lowest BCUT2D eigenvalue weighted by atomic mass is 9.87. The van der Waals surface area contributed by atoms with Crippen molar-refractivity contribution in [2.75, 3.05) is 7.05 Å². The molecule has 0 amide bonds. The normalized spacial score (nSPS) is 20.7. The first-order chi connectivity index (χ1) is 8.39. The van der Waals surface area contributed by atoms with Gasteiger partial charge in [0.25, 0.3) is 0 Å². The predicted molar refractivity (Wildman–Crippen MR) is 77.2 cm³/mol. The van der Waals surface area contributed by atoms with Crippen LogP contribution in [0.1, 0.15) is 39.4 Å². The number of hydrogen-bond acceptors (Lipinski definition) is 3. The molecule has 0 saturated heterocycles. The smallest absolute Gasteiger partial charge is 0.108 e. The summed E-state index contributed by atoms with van der Waals surface area (Å²) in [6.45, 7) is 9.01. The van der Waals surface area contributed by atoms with Crippen molar-refractivity contribution < 1.29 is 0 Å². The Morgan fingerprint density at radius 2 is 1.94 bits per heavy atom. The number of aliphatic imine (C=N–C) groups is 1. The number of hydrogen-bond donors (Lipinski definition) is 1. The number of fused-ring (bicyclic) bond motifs is 1. The van der Waals surface area contributed by atoms with Gasteiger partial charge in [-0.15, -0.1) is 0 Å². The van der Waals surface area contributed by atoms with Gasteiger partial charge in [-0.3, -0.25) is 5.32 Å². The fourth-order valence-corrected chi connectivity index (χ4v) is 1.97. The Labute approximate surface area is 110 Å². The first kappa shape index (κ1) is 13.1. The number of nitrogens with one attached hydrogen (secondary N) is 1. The predicted octanol–water partition coefficient (Wildman–Crippen LogP) is 3.31. The van der Waals surface area contributed by atoms with Gasteiger partial charge in [-0.2, -0.15) is 0 Å². The van der Waals surface area contributed by atoms with Crippen LogP contribution < -0.4 is 5.32 Å². The molecule has 0 aromatic heterocycles. The van der Waals surface area contributed by atoms with Crippen LogP contribution in [0.2, 0.25) is 0 Å². The van der Waals surface area contributed by atoms with E-state index in [0.717, 1.165) is 5.69 Å². The second-order valence-electron chi connectivity index (χ2n) is 6.13. The summed E-state index contributed by atoms with van der Waals surface area (Å²) < 4.78 is 0. The fraction of sp³-hybridized carbons (Fsp3) is 0.533. The molecule has 1 aromatic carbocycles. The van der Waals surface area contributed by atoms with Crippen LogP contribution in [0.25, 0.3) is 0 Å². The van der Waals surface area contributed by atoms with E-state index < -0.39 is 0 Å². The van der Waals surface area contributed by atoms with Crippen molar-refractivity contribution in [2.45, 2.75) is 39.9 Å². The van der Waals surface area contributed by atoms with Gasteiger partial charge in [0.15, 0.2) is 0 Å². The third-order valence-corrected chi connectivity index (χ3v) is 3.72. The molecule has 3 nitrogen and oxygen atoms in total. The van der Waals surface area contributed by atoms with Crippen LogP contribution >= 0.6 is 0 Å². The molecule has 0 radical (unpaired) electrons. The molecule has 2 atom stereocenters. The Bertz CT molecular complexity index is 445. The highest BCUT2D eigenvalue weighted by atomic mass is 15.3. The molecular weight excluding hydrogens is 222 g/mol. The minimum atomic E-state index is 0.202. The van der Waals surface area contributed by atoms with Crippen molar-refractivity contribution in [3.63, 3.8) is 0 Å². The maximum Gasteiger partial charge on any atom is 0.108 e. The monoisotopic (exact) mass is 245 g/mol.